The van der Waals surface area contributed by atoms with Gasteiger partial charge < -0.3 is 9.64 Å². The van der Waals surface area contributed by atoms with Gasteiger partial charge in [0.15, 0.2) is 0 Å². The van der Waals surface area contributed by atoms with E-state index < -0.39 is 5.60 Å². The van der Waals surface area contributed by atoms with Crippen LogP contribution in [0, 0.1) is 0 Å². The van der Waals surface area contributed by atoms with Crippen molar-refractivity contribution >= 4 is 23.5 Å². The SMILES string of the molecule is C=Cc1ccc(CN2CCN(C(=O)OC(C)(C)C)CC2)cc1-c1nccs1. The van der Waals surface area contributed by atoms with Gasteiger partial charge >= 0.3 is 6.09 Å². The van der Waals surface area contributed by atoms with Gasteiger partial charge in [-0.05, 0) is 38.0 Å². The minimum atomic E-state index is -0.451. The summed E-state index contributed by atoms with van der Waals surface area (Å²) in [6, 6.07) is 6.46. The molecule has 1 aliphatic rings. The summed E-state index contributed by atoms with van der Waals surface area (Å²) < 4.78 is 5.47. The molecule has 1 saturated heterocycles. The monoisotopic (exact) mass is 385 g/mol. The molecule has 0 spiro atoms. The fraction of sp³-hybridized carbons (Fsp3) is 0.429. The number of nitrogens with zero attached hydrogens (tertiary/aromatic N) is 3. The predicted octanol–water partition coefficient (Wildman–Crippen LogP) is 4.51. The molecule has 0 bridgehead atoms. The zero-order valence-corrected chi connectivity index (χ0v) is 17.1. The van der Waals surface area contributed by atoms with E-state index in [1.165, 1.54) is 5.56 Å². The van der Waals surface area contributed by atoms with E-state index in [-0.39, 0.29) is 6.09 Å². The van der Waals surface area contributed by atoms with Gasteiger partial charge in [0.2, 0.25) is 0 Å². The maximum atomic E-state index is 12.2. The van der Waals surface area contributed by atoms with Crippen molar-refractivity contribution in [2.24, 2.45) is 0 Å². The van der Waals surface area contributed by atoms with Crippen LogP contribution in [-0.2, 0) is 11.3 Å². The molecule has 0 atom stereocenters. The quantitative estimate of drug-likeness (QED) is 0.777. The molecule has 2 aromatic rings. The van der Waals surface area contributed by atoms with Crippen molar-refractivity contribution in [3.63, 3.8) is 0 Å². The highest BCUT2D eigenvalue weighted by Crippen LogP contribution is 2.28. The Kier molecular flexibility index (Phi) is 5.97. The lowest BCUT2D eigenvalue weighted by Gasteiger charge is -2.35. The van der Waals surface area contributed by atoms with Crippen molar-refractivity contribution in [2.75, 3.05) is 26.2 Å². The van der Waals surface area contributed by atoms with E-state index in [9.17, 15) is 4.79 Å². The van der Waals surface area contributed by atoms with E-state index in [4.69, 9.17) is 4.74 Å². The molecule has 0 radical (unpaired) electrons. The van der Waals surface area contributed by atoms with E-state index in [1.807, 2.05) is 38.4 Å². The number of hydrogen-bond acceptors (Lipinski definition) is 5. The summed E-state index contributed by atoms with van der Waals surface area (Å²) in [4.78, 5) is 20.8. The number of aromatic nitrogens is 1. The highest BCUT2D eigenvalue weighted by molar-refractivity contribution is 7.13. The van der Waals surface area contributed by atoms with Crippen LogP contribution in [0.4, 0.5) is 4.79 Å². The Bertz CT molecular complexity index is 788. The molecule has 0 unspecified atom stereocenters. The molecular formula is C21H27N3O2S. The van der Waals surface area contributed by atoms with E-state index in [1.54, 1.807) is 16.2 Å². The van der Waals surface area contributed by atoms with Crippen LogP contribution in [0.1, 0.15) is 31.9 Å². The van der Waals surface area contributed by atoms with Crippen LogP contribution in [-0.4, -0.2) is 52.7 Å². The zero-order valence-electron chi connectivity index (χ0n) is 16.3. The summed E-state index contributed by atoms with van der Waals surface area (Å²) in [7, 11) is 0. The Morgan fingerprint density at radius 3 is 2.63 bits per heavy atom. The summed E-state index contributed by atoms with van der Waals surface area (Å²) in [5, 5.41) is 3.01. The van der Waals surface area contributed by atoms with Gasteiger partial charge in [-0.25, -0.2) is 9.78 Å². The molecular weight excluding hydrogens is 358 g/mol. The lowest BCUT2D eigenvalue weighted by molar-refractivity contribution is 0.0139. The van der Waals surface area contributed by atoms with Crippen molar-refractivity contribution in [1.29, 1.82) is 0 Å². The number of rotatable bonds is 4. The van der Waals surface area contributed by atoms with Crippen LogP contribution in [0.25, 0.3) is 16.6 Å². The average Bonchev–Trinajstić information content (AvgIpc) is 3.15. The molecule has 2 heterocycles. The largest absolute Gasteiger partial charge is 0.444 e. The molecule has 0 aliphatic carbocycles. The first-order valence-corrected chi connectivity index (χ1v) is 10.1. The molecule has 1 amide bonds. The Hall–Kier alpha value is -2.18. The molecule has 3 rings (SSSR count). The van der Waals surface area contributed by atoms with E-state index >= 15 is 0 Å². The third kappa shape index (κ3) is 5.17. The minimum Gasteiger partial charge on any atom is -0.444 e. The van der Waals surface area contributed by atoms with Gasteiger partial charge in [0.25, 0.3) is 0 Å². The molecule has 0 saturated carbocycles. The van der Waals surface area contributed by atoms with Crippen LogP contribution >= 0.6 is 11.3 Å². The average molecular weight is 386 g/mol. The first-order chi connectivity index (χ1) is 12.9. The number of hydrogen-bond donors (Lipinski definition) is 0. The highest BCUT2D eigenvalue weighted by Gasteiger charge is 2.25. The number of piperazine rings is 1. The van der Waals surface area contributed by atoms with Crippen molar-refractivity contribution in [3.05, 3.63) is 47.5 Å². The van der Waals surface area contributed by atoms with Gasteiger partial charge in [-0.3, -0.25) is 4.90 Å². The summed E-state index contributed by atoms with van der Waals surface area (Å²) in [5.41, 5.74) is 3.03. The lowest BCUT2D eigenvalue weighted by atomic mass is 10.0. The lowest BCUT2D eigenvalue weighted by Crippen LogP contribution is -2.49. The summed E-state index contributed by atoms with van der Waals surface area (Å²) in [6.45, 7) is 13.5. The van der Waals surface area contributed by atoms with Crippen LogP contribution in [0.5, 0.6) is 0 Å². The number of ether oxygens (including phenoxy) is 1. The Morgan fingerprint density at radius 1 is 1.30 bits per heavy atom. The molecule has 1 fully saturated rings. The van der Waals surface area contributed by atoms with Crippen LogP contribution in [0.15, 0.2) is 36.4 Å². The zero-order chi connectivity index (χ0) is 19.4. The predicted molar refractivity (Wildman–Crippen MR) is 111 cm³/mol. The van der Waals surface area contributed by atoms with Crippen molar-refractivity contribution < 1.29 is 9.53 Å². The second-order valence-electron chi connectivity index (χ2n) is 7.71. The summed E-state index contributed by atoms with van der Waals surface area (Å²) in [5.74, 6) is 0. The fourth-order valence-electron chi connectivity index (χ4n) is 3.09. The molecule has 6 heteroatoms. The minimum absolute atomic E-state index is 0.219. The Labute approximate surface area is 165 Å². The highest BCUT2D eigenvalue weighted by atomic mass is 32.1. The van der Waals surface area contributed by atoms with E-state index in [2.05, 4.69) is 34.7 Å². The number of carbonyl (C=O) groups excluding carboxylic acids is 1. The Morgan fingerprint density at radius 2 is 2.04 bits per heavy atom. The molecule has 1 aromatic carbocycles. The third-order valence-electron chi connectivity index (χ3n) is 4.43. The van der Waals surface area contributed by atoms with E-state index in [0.717, 1.165) is 35.8 Å². The standard InChI is InChI=1S/C21H27N3O2S/c1-5-17-7-6-16(14-18(17)19-22-8-13-27-19)15-23-9-11-24(12-10-23)20(25)26-21(2,3)4/h5-8,13-14H,1,9-12,15H2,2-4H3. The molecule has 0 N–H and O–H groups in total. The number of amides is 1. The van der Waals surface area contributed by atoms with Crippen LogP contribution in [0.3, 0.4) is 0 Å². The Balaban J connectivity index is 1.62. The number of carbonyl (C=O) groups is 1. The third-order valence-corrected chi connectivity index (χ3v) is 5.24. The smallest absolute Gasteiger partial charge is 0.410 e. The molecule has 1 aliphatic heterocycles. The first kappa shape index (κ1) is 19.6. The molecule has 144 valence electrons. The maximum absolute atomic E-state index is 12.2. The topological polar surface area (TPSA) is 45.7 Å². The molecule has 27 heavy (non-hydrogen) atoms. The van der Waals surface area contributed by atoms with Crippen molar-refractivity contribution in [1.82, 2.24) is 14.8 Å². The normalized spacial score (nSPS) is 15.6. The summed E-state index contributed by atoms with van der Waals surface area (Å²) in [6.07, 6.45) is 3.48. The van der Waals surface area contributed by atoms with Crippen LogP contribution < -0.4 is 0 Å². The summed E-state index contributed by atoms with van der Waals surface area (Å²) >= 11 is 1.64. The van der Waals surface area contributed by atoms with E-state index in [0.29, 0.717) is 13.1 Å². The van der Waals surface area contributed by atoms with Gasteiger partial charge in [-0.1, -0.05) is 24.8 Å². The number of benzene rings is 1. The second-order valence-corrected chi connectivity index (χ2v) is 8.60. The first-order valence-electron chi connectivity index (χ1n) is 9.21. The second kappa shape index (κ2) is 8.23. The molecule has 5 nitrogen and oxygen atoms in total. The van der Waals surface area contributed by atoms with Gasteiger partial charge in [-0.15, -0.1) is 11.3 Å². The van der Waals surface area contributed by atoms with Gasteiger partial charge in [-0.2, -0.15) is 0 Å². The van der Waals surface area contributed by atoms with Crippen molar-refractivity contribution in [3.8, 4) is 10.6 Å². The van der Waals surface area contributed by atoms with Crippen molar-refractivity contribution in [2.45, 2.75) is 32.9 Å². The number of thiazole rings is 1. The fourth-order valence-corrected chi connectivity index (χ4v) is 3.77. The van der Waals surface area contributed by atoms with Gasteiger partial charge in [0, 0.05) is 49.9 Å². The van der Waals surface area contributed by atoms with Crippen LogP contribution in [0.2, 0.25) is 0 Å². The van der Waals surface area contributed by atoms with Gasteiger partial charge in [0.1, 0.15) is 10.6 Å². The molecule has 1 aromatic heterocycles. The van der Waals surface area contributed by atoms with Gasteiger partial charge in [0.05, 0.1) is 0 Å². The maximum Gasteiger partial charge on any atom is 0.410 e.